The summed E-state index contributed by atoms with van der Waals surface area (Å²) < 4.78 is 0. The van der Waals surface area contributed by atoms with E-state index in [4.69, 9.17) is 5.73 Å². The molecule has 2 aromatic rings. The van der Waals surface area contributed by atoms with Gasteiger partial charge in [0.15, 0.2) is 0 Å². The van der Waals surface area contributed by atoms with E-state index in [1.807, 2.05) is 0 Å². The standard InChI is InChI=1S/C18H25N3/c1-20-11-6-12-21(2)17(13-20)18(19)16-10-5-8-14-7-3-4-9-15(14)16/h3-5,7-10,17-18H,6,11-13,19H2,1-2H3. The summed E-state index contributed by atoms with van der Waals surface area (Å²) in [5.74, 6) is 0. The molecule has 1 saturated heterocycles. The molecule has 2 atom stereocenters. The largest absolute Gasteiger partial charge is 0.323 e. The van der Waals surface area contributed by atoms with Crippen LogP contribution in [0.2, 0.25) is 0 Å². The van der Waals surface area contributed by atoms with Crippen molar-refractivity contribution >= 4 is 10.8 Å². The van der Waals surface area contributed by atoms with E-state index >= 15 is 0 Å². The lowest BCUT2D eigenvalue weighted by molar-refractivity contribution is 0.197. The van der Waals surface area contributed by atoms with Crippen molar-refractivity contribution in [2.24, 2.45) is 5.73 Å². The molecule has 1 aliphatic rings. The fourth-order valence-electron chi connectivity index (χ4n) is 3.44. The molecule has 1 heterocycles. The van der Waals surface area contributed by atoms with Gasteiger partial charge in [-0.3, -0.25) is 0 Å². The van der Waals surface area contributed by atoms with E-state index in [0.29, 0.717) is 6.04 Å². The predicted molar refractivity (Wildman–Crippen MR) is 89.4 cm³/mol. The third kappa shape index (κ3) is 2.95. The smallest absolute Gasteiger partial charge is 0.0471 e. The van der Waals surface area contributed by atoms with Gasteiger partial charge in [0.2, 0.25) is 0 Å². The number of hydrogen-bond acceptors (Lipinski definition) is 3. The van der Waals surface area contributed by atoms with Crippen molar-refractivity contribution in [2.75, 3.05) is 33.7 Å². The molecule has 3 nitrogen and oxygen atoms in total. The van der Waals surface area contributed by atoms with Crippen LogP contribution in [0.5, 0.6) is 0 Å². The summed E-state index contributed by atoms with van der Waals surface area (Å²) in [7, 11) is 4.40. The Labute approximate surface area is 127 Å². The highest BCUT2D eigenvalue weighted by atomic mass is 15.2. The number of benzene rings is 2. The van der Waals surface area contributed by atoms with Crippen molar-refractivity contribution in [3.05, 3.63) is 48.0 Å². The molecule has 0 spiro atoms. The molecule has 0 amide bonds. The first kappa shape index (κ1) is 14.5. The number of likely N-dealkylation sites (N-methyl/N-ethyl adjacent to an activating group) is 2. The number of fused-ring (bicyclic) bond motifs is 1. The fourth-order valence-corrected chi connectivity index (χ4v) is 3.44. The van der Waals surface area contributed by atoms with E-state index in [2.05, 4.69) is 66.4 Å². The Hall–Kier alpha value is -1.42. The van der Waals surface area contributed by atoms with E-state index < -0.39 is 0 Å². The number of nitrogens with zero attached hydrogens (tertiary/aromatic N) is 2. The predicted octanol–water partition coefficient (Wildman–Crippen LogP) is 2.48. The minimum Gasteiger partial charge on any atom is -0.323 e. The molecule has 0 aliphatic carbocycles. The number of hydrogen-bond donors (Lipinski definition) is 1. The monoisotopic (exact) mass is 283 g/mol. The molecule has 0 saturated carbocycles. The first-order valence-electron chi connectivity index (χ1n) is 7.79. The lowest BCUT2D eigenvalue weighted by atomic mass is 9.93. The molecule has 2 aromatic carbocycles. The van der Waals surface area contributed by atoms with Crippen LogP contribution in [0.25, 0.3) is 10.8 Å². The Morgan fingerprint density at radius 1 is 1.05 bits per heavy atom. The van der Waals surface area contributed by atoms with Gasteiger partial charge < -0.3 is 15.5 Å². The van der Waals surface area contributed by atoms with Crippen molar-refractivity contribution in [1.29, 1.82) is 0 Å². The summed E-state index contributed by atoms with van der Waals surface area (Å²) >= 11 is 0. The maximum Gasteiger partial charge on any atom is 0.0471 e. The van der Waals surface area contributed by atoms with E-state index in [1.54, 1.807) is 0 Å². The summed E-state index contributed by atoms with van der Waals surface area (Å²) in [4.78, 5) is 4.83. The molecule has 3 heteroatoms. The lowest BCUT2D eigenvalue weighted by Crippen LogP contribution is -2.45. The lowest BCUT2D eigenvalue weighted by Gasteiger charge is -2.33. The van der Waals surface area contributed by atoms with Crippen molar-refractivity contribution in [3.63, 3.8) is 0 Å². The molecule has 3 rings (SSSR count). The normalized spacial score (nSPS) is 23.1. The van der Waals surface area contributed by atoms with E-state index in [9.17, 15) is 0 Å². The van der Waals surface area contributed by atoms with Gasteiger partial charge in [0.05, 0.1) is 0 Å². The van der Waals surface area contributed by atoms with E-state index in [1.165, 1.54) is 22.8 Å². The molecule has 21 heavy (non-hydrogen) atoms. The topological polar surface area (TPSA) is 32.5 Å². The third-order valence-electron chi connectivity index (χ3n) is 4.71. The Morgan fingerprint density at radius 2 is 1.81 bits per heavy atom. The van der Waals surface area contributed by atoms with Gasteiger partial charge in [0.25, 0.3) is 0 Å². The van der Waals surface area contributed by atoms with Crippen LogP contribution in [0.4, 0.5) is 0 Å². The average molecular weight is 283 g/mol. The fraction of sp³-hybridized carbons (Fsp3) is 0.444. The van der Waals surface area contributed by atoms with Crippen LogP contribution in [-0.4, -0.2) is 49.6 Å². The van der Waals surface area contributed by atoms with Crippen molar-refractivity contribution < 1.29 is 0 Å². The van der Waals surface area contributed by atoms with Crippen molar-refractivity contribution in [2.45, 2.75) is 18.5 Å². The molecule has 2 N–H and O–H groups in total. The summed E-state index contributed by atoms with van der Waals surface area (Å²) in [6.07, 6.45) is 1.21. The van der Waals surface area contributed by atoms with Gasteiger partial charge in [-0.1, -0.05) is 42.5 Å². The molecule has 0 radical (unpaired) electrons. The molecule has 2 unspecified atom stereocenters. The van der Waals surface area contributed by atoms with Crippen LogP contribution >= 0.6 is 0 Å². The van der Waals surface area contributed by atoms with Gasteiger partial charge in [-0.05, 0) is 49.9 Å². The van der Waals surface area contributed by atoms with Crippen LogP contribution in [-0.2, 0) is 0 Å². The number of nitrogens with two attached hydrogens (primary N) is 1. The summed E-state index contributed by atoms with van der Waals surface area (Å²) in [6.45, 7) is 3.30. The summed E-state index contributed by atoms with van der Waals surface area (Å²) in [5.41, 5.74) is 7.95. The molecule has 0 bridgehead atoms. The highest BCUT2D eigenvalue weighted by molar-refractivity contribution is 5.86. The Kier molecular flexibility index (Phi) is 4.24. The second-order valence-corrected chi connectivity index (χ2v) is 6.26. The molecule has 112 valence electrons. The SMILES string of the molecule is CN1CCCN(C)C(C(N)c2cccc3ccccc23)C1. The van der Waals surface area contributed by atoms with Gasteiger partial charge in [-0.15, -0.1) is 0 Å². The number of rotatable bonds is 2. The first-order valence-corrected chi connectivity index (χ1v) is 7.79. The second kappa shape index (κ2) is 6.14. The quantitative estimate of drug-likeness (QED) is 0.919. The van der Waals surface area contributed by atoms with Crippen LogP contribution in [0, 0.1) is 0 Å². The highest BCUT2D eigenvalue weighted by Crippen LogP contribution is 2.27. The first-order chi connectivity index (χ1) is 10.2. The van der Waals surface area contributed by atoms with E-state index in [0.717, 1.165) is 19.6 Å². The van der Waals surface area contributed by atoms with Gasteiger partial charge in [0.1, 0.15) is 0 Å². The zero-order valence-electron chi connectivity index (χ0n) is 13.0. The summed E-state index contributed by atoms with van der Waals surface area (Å²) in [6, 6.07) is 15.4. The Balaban J connectivity index is 1.97. The average Bonchev–Trinajstić information content (AvgIpc) is 2.67. The molecule has 0 aromatic heterocycles. The Morgan fingerprint density at radius 3 is 2.67 bits per heavy atom. The van der Waals surface area contributed by atoms with Crippen LogP contribution < -0.4 is 5.73 Å². The molecule has 1 fully saturated rings. The van der Waals surface area contributed by atoms with Crippen LogP contribution in [0.1, 0.15) is 18.0 Å². The van der Waals surface area contributed by atoms with Gasteiger partial charge in [-0.25, -0.2) is 0 Å². The third-order valence-corrected chi connectivity index (χ3v) is 4.71. The zero-order chi connectivity index (χ0) is 14.8. The van der Waals surface area contributed by atoms with Gasteiger partial charge in [0, 0.05) is 18.6 Å². The maximum atomic E-state index is 6.69. The summed E-state index contributed by atoms with van der Waals surface area (Å²) in [5, 5.41) is 2.56. The maximum absolute atomic E-state index is 6.69. The minimum absolute atomic E-state index is 0.0432. The van der Waals surface area contributed by atoms with Crippen molar-refractivity contribution in [1.82, 2.24) is 9.80 Å². The van der Waals surface area contributed by atoms with E-state index in [-0.39, 0.29) is 6.04 Å². The Bertz CT molecular complexity index is 605. The molecule has 1 aliphatic heterocycles. The molecular formula is C18H25N3. The molecular weight excluding hydrogens is 258 g/mol. The second-order valence-electron chi connectivity index (χ2n) is 6.26. The zero-order valence-corrected chi connectivity index (χ0v) is 13.0. The van der Waals surface area contributed by atoms with Gasteiger partial charge in [-0.2, -0.15) is 0 Å². The van der Waals surface area contributed by atoms with Crippen LogP contribution in [0.15, 0.2) is 42.5 Å². The van der Waals surface area contributed by atoms with Crippen molar-refractivity contribution in [3.8, 4) is 0 Å². The van der Waals surface area contributed by atoms with Gasteiger partial charge >= 0.3 is 0 Å². The highest BCUT2D eigenvalue weighted by Gasteiger charge is 2.27. The minimum atomic E-state index is 0.0432. The van der Waals surface area contributed by atoms with Crippen LogP contribution in [0.3, 0.4) is 0 Å².